The number of imidazole rings is 1. The standard InChI is InChI=1S/C11H11N3O3/c12-4-3-10-13-8(6-15)9-2-1-7(11(16)17)5-14(9)10/h1-2,5-6H,3-4,12H2,(H,16,17). The Kier molecular flexibility index (Phi) is 2.88. The van der Waals surface area contributed by atoms with Crippen molar-refractivity contribution in [2.24, 2.45) is 5.73 Å². The van der Waals surface area contributed by atoms with E-state index >= 15 is 0 Å². The fourth-order valence-electron chi connectivity index (χ4n) is 1.69. The van der Waals surface area contributed by atoms with Crippen molar-refractivity contribution in [2.75, 3.05) is 6.54 Å². The third-order valence-corrected chi connectivity index (χ3v) is 2.47. The summed E-state index contributed by atoms with van der Waals surface area (Å²) in [7, 11) is 0. The van der Waals surface area contributed by atoms with Crippen LogP contribution in [0.1, 0.15) is 26.7 Å². The minimum Gasteiger partial charge on any atom is -0.478 e. The van der Waals surface area contributed by atoms with Gasteiger partial charge in [0, 0.05) is 12.6 Å². The minimum absolute atomic E-state index is 0.144. The Morgan fingerprint density at radius 1 is 1.53 bits per heavy atom. The van der Waals surface area contributed by atoms with Crippen LogP contribution in [0.4, 0.5) is 0 Å². The zero-order valence-electron chi connectivity index (χ0n) is 8.96. The number of pyridine rings is 1. The number of carboxylic acid groups (broad SMARTS) is 1. The van der Waals surface area contributed by atoms with Gasteiger partial charge in [-0.25, -0.2) is 9.78 Å². The molecule has 2 rings (SSSR count). The summed E-state index contributed by atoms with van der Waals surface area (Å²) in [5.41, 5.74) is 6.47. The second-order valence-corrected chi connectivity index (χ2v) is 3.55. The monoisotopic (exact) mass is 233 g/mol. The van der Waals surface area contributed by atoms with Gasteiger partial charge in [0.05, 0.1) is 11.1 Å². The van der Waals surface area contributed by atoms with Crippen LogP contribution >= 0.6 is 0 Å². The maximum atomic E-state index is 10.9. The van der Waals surface area contributed by atoms with Crippen molar-refractivity contribution in [3.8, 4) is 0 Å². The molecule has 17 heavy (non-hydrogen) atoms. The van der Waals surface area contributed by atoms with E-state index in [1.54, 1.807) is 10.5 Å². The quantitative estimate of drug-likeness (QED) is 0.742. The van der Waals surface area contributed by atoms with Crippen molar-refractivity contribution in [2.45, 2.75) is 6.42 Å². The average Bonchev–Trinajstić information content (AvgIpc) is 2.67. The lowest BCUT2D eigenvalue weighted by Gasteiger charge is -2.01. The van der Waals surface area contributed by atoms with Gasteiger partial charge in [-0.3, -0.25) is 4.79 Å². The topological polar surface area (TPSA) is 97.7 Å². The Morgan fingerprint density at radius 2 is 2.29 bits per heavy atom. The van der Waals surface area contributed by atoms with Gasteiger partial charge in [-0.15, -0.1) is 0 Å². The van der Waals surface area contributed by atoms with E-state index in [9.17, 15) is 9.59 Å². The molecule has 0 saturated heterocycles. The van der Waals surface area contributed by atoms with E-state index in [-0.39, 0.29) is 5.56 Å². The van der Waals surface area contributed by atoms with Gasteiger partial charge in [0.2, 0.25) is 0 Å². The third kappa shape index (κ3) is 1.90. The number of aromatic carboxylic acids is 1. The van der Waals surface area contributed by atoms with Crippen LogP contribution in [0.5, 0.6) is 0 Å². The van der Waals surface area contributed by atoms with Crippen molar-refractivity contribution in [1.82, 2.24) is 9.38 Å². The molecule has 6 heteroatoms. The molecule has 6 nitrogen and oxygen atoms in total. The Bertz CT molecular complexity index is 589. The van der Waals surface area contributed by atoms with E-state index in [4.69, 9.17) is 10.8 Å². The molecular weight excluding hydrogens is 222 g/mol. The van der Waals surface area contributed by atoms with Crippen molar-refractivity contribution in [3.63, 3.8) is 0 Å². The number of aldehydes is 1. The predicted molar refractivity (Wildman–Crippen MR) is 60.3 cm³/mol. The van der Waals surface area contributed by atoms with Crippen LogP contribution in [-0.4, -0.2) is 33.3 Å². The first-order valence-corrected chi connectivity index (χ1v) is 5.07. The lowest BCUT2D eigenvalue weighted by Crippen LogP contribution is -2.07. The number of aromatic nitrogens is 2. The molecule has 0 aliphatic rings. The van der Waals surface area contributed by atoms with E-state index in [1.807, 2.05) is 0 Å². The van der Waals surface area contributed by atoms with Crippen LogP contribution < -0.4 is 5.73 Å². The van der Waals surface area contributed by atoms with Gasteiger partial charge in [-0.05, 0) is 18.7 Å². The Hall–Kier alpha value is -2.21. The highest BCUT2D eigenvalue weighted by Gasteiger charge is 2.12. The zero-order valence-corrected chi connectivity index (χ0v) is 8.96. The molecule has 2 heterocycles. The fourth-order valence-corrected chi connectivity index (χ4v) is 1.69. The molecular formula is C11H11N3O3. The van der Waals surface area contributed by atoms with Crippen LogP contribution in [0.25, 0.3) is 5.52 Å². The van der Waals surface area contributed by atoms with Gasteiger partial charge >= 0.3 is 5.97 Å². The number of fused-ring (bicyclic) bond motifs is 1. The second kappa shape index (κ2) is 4.34. The van der Waals surface area contributed by atoms with Crippen molar-refractivity contribution in [3.05, 3.63) is 35.4 Å². The number of rotatable bonds is 4. The number of nitrogens with two attached hydrogens (primary N) is 1. The highest BCUT2D eigenvalue weighted by molar-refractivity contribution is 5.89. The molecule has 88 valence electrons. The highest BCUT2D eigenvalue weighted by Crippen LogP contribution is 2.14. The van der Waals surface area contributed by atoms with Crippen molar-refractivity contribution in [1.29, 1.82) is 0 Å². The zero-order chi connectivity index (χ0) is 12.4. The summed E-state index contributed by atoms with van der Waals surface area (Å²) in [6.07, 6.45) is 2.58. The summed E-state index contributed by atoms with van der Waals surface area (Å²) in [5.74, 6) is -0.431. The highest BCUT2D eigenvalue weighted by atomic mass is 16.4. The molecule has 0 bridgehead atoms. The third-order valence-electron chi connectivity index (χ3n) is 2.47. The van der Waals surface area contributed by atoms with E-state index in [1.165, 1.54) is 12.3 Å². The van der Waals surface area contributed by atoms with Gasteiger partial charge in [0.25, 0.3) is 0 Å². The van der Waals surface area contributed by atoms with Gasteiger partial charge in [0.1, 0.15) is 11.5 Å². The number of carboxylic acids is 1. The number of hydrogen-bond acceptors (Lipinski definition) is 4. The van der Waals surface area contributed by atoms with Crippen molar-refractivity contribution < 1.29 is 14.7 Å². The molecule has 0 unspecified atom stereocenters. The van der Waals surface area contributed by atoms with Crippen LogP contribution in [0.15, 0.2) is 18.3 Å². The summed E-state index contributed by atoms with van der Waals surface area (Å²) in [5, 5.41) is 8.90. The molecule has 0 fully saturated rings. The Balaban J connectivity index is 2.68. The van der Waals surface area contributed by atoms with Crippen LogP contribution in [0.3, 0.4) is 0 Å². The molecule has 0 radical (unpaired) electrons. The summed E-state index contributed by atoms with van der Waals surface area (Å²) >= 11 is 0. The molecule has 0 aliphatic heterocycles. The second-order valence-electron chi connectivity index (χ2n) is 3.55. The molecule has 3 N–H and O–H groups in total. The molecule has 0 aliphatic carbocycles. The first-order valence-electron chi connectivity index (χ1n) is 5.07. The van der Waals surface area contributed by atoms with E-state index in [0.717, 1.165) is 0 Å². The van der Waals surface area contributed by atoms with Gasteiger partial charge in [-0.2, -0.15) is 0 Å². The first kappa shape index (κ1) is 11.3. The number of carbonyl (C=O) groups is 2. The average molecular weight is 233 g/mol. The van der Waals surface area contributed by atoms with Gasteiger partial charge in [0.15, 0.2) is 6.29 Å². The Morgan fingerprint density at radius 3 is 2.88 bits per heavy atom. The lowest BCUT2D eigenvalue weighted by molar-refractivity contribution is 0.0696. The molecule has 0 aromatic carbocycles. The van der Waals surface area contributed by atoms with Gasteiger partial charge < -0.3 is 15.2 Å². The number of nitrogens with zero attached hydrogens (tertiary/aromatic N) is 2. The maximum absolute atomic E-state index is 10.9. The Labute approximate surface area is 96.7 Å². The number of hydrogen-bond donors (Lipinski definition) is 2. The van der Waals surface area contributed by atoms with E-state index in [2.05, 4.69) is 4.98 Å². The van der Waals surface area contributed by atoms with E-state index < -0.39 is 5.97 Å². The fraction of sp³-hybridized carbons (Fsp3) is 0.182. The SMILES string of the molecule is NCCc1nc(C=O)c2ccc(C(=O)O)cn12. The van der Waals surface area contributed by atoms with Gasteiger partial charge in [-0.1, -0.05) is 0 Å². The van der Waals surface area contributed by atoms with Crippen LogP contribution in [0.2, 0.25) is 0 Å². The number of carbonyl (C=O) groups excluding carboxylic acids is 1. The maximum Gasteiger partial charge on any atom is 0.337 e. The summed E-state index contributed by atoms with van der Waals surface area (Å²) in [6, 6.07) is 3.01. The molecule has 0 atom stereocenters. The smallest absolute Gasteiger partial charge is 0.337 e. The lowest BCUT2D eigenvalue weighted by atomic mass is 10.2. The first-order chi connectivity index (χ1) is 8.17. The molecule has 0 spiro atoms. The van der Waals surface area contributed by atoms with Crippen LogP contribution in [-0.2, 0) is 6.42 Å². The summed E-state index contributed by atoms with van der Waals surface area (Å²) < 4.78 is 1.60. The molecule has 0 saturated carbocycles. The molecule has 2 aromatic rings. The van der Waals surface area contributed by atoms with Crippen molar-refractivity contribution >= 4 is 17.8 Å². The van der Waals surface area contributed by atoms with E-state index in [0.29, 0.717) is 36.3 Å². The minimum atomic E-state index is -1.02. The molecule has 0 amide bonds. The largest absolute Gasteiger partial charge is 0.478 e. The predicted octanol–water partition coefficient (Wildman–Crippen LogP) is 0.346. The summed E-state index contributed by atoms with van der Waals surface area (Å²) in [6.45, 7) is 0.384. The normalized spacial score (nSPS) is 10.6. The summed E-state index contributed by atoms with van der Waals surface area (Å²) in [4.78, 5) is 25.8. The van der Waals surface area contributed by atoms with Crippen LogP contribution in [0, 0.1) is 0 Å². The molecule has 2 aromatic heterocycles.